The fraction of sp³-hybridized carbons (Fsp3) is 0.0794. The van der Waals surface area contributed by atoms with Crippen molar-refractivity contribution in [2.24, 2.45) is 0 Å². The van der Waals surface area contributed by atoms with Gasteiger partial charge in [-0.15, -0.1) is 0 Å². The quantitative estimate of drug-likeness (QED) is 0.128. The van der Waals surface area contributed by atoms with Crippen LogP contribution in [0.5, 0.6) is 0 Å². The standard InChI is InChI=1S/C63H51N3/c1-2-9-18-54(17-8-1)64-46-45-62-61(23-14-24-63(62)64)53-35-43-60(44-36-53)66(56-21-12-5-13-22-56)59-41-33-52(34-42-59)49-27-25-48(26-28-49)51-31-39-58(40-32-51)65(55-19-10-4-11-20-55)57-37-29-50(30-38-57)47-15-6-3-7-16-47/h1-4,6-8,10,12,14-19,21-46H,5,9,11,13,20H2. The van der Waals surface area contributed by atoms with E-state index in [1.165, 1.54) is 78.2 Å². The molecular formula is C63H51N3. The summed E-state index contributed by atoms with van der Waals surface area (Å²) in [6.07, 6.45) is 31.8. The van der Waals surface area contributed by atoms with Crippen molar-refractivity contribution in [1.29, 1.82) is 0 Å². The molecule has 3 nitrogen and oxygen atoms in total. The van der Waals surface area contributed by atoms with Crippen LogP contribution in [0.3, 0.4) is 0 Å². The Morgan fingerprint density at radius 2 is 0.970 bits per heavy atom. The topological polar surface area (TPSA) is 11.4 Å². The highest BCUT2D eigenvalue weighted by Gasteiger charge is 2.18. The van der Waals surface area contributed by atoms with Gasteiger partial charge in [0.25, 0.3) is 0 Å². The summed E-state index contributed by atoms with van der Waals surface area (Å²) in [5.74, 6) is 0. The zero-order valence-corrected chi connectivity index (χ0v) is 37.0. The predicted molar refractivity (Wildman–Crippen MR) is 281 cm³/mol. The van der Waals surface area contributed by atoms with Gasteiger partial charge in [-0.1, -0.05) is 164 Å². The summed E-state index contributed by atoms with van der Waals surface area (Å²) in [5.41, 5.74) is 19.2. The van der Waals surface area contributed by atoms with Gasteiger partial charge in [-0.25, -0.2) is 0 Å². The largest absolute Gasteiger partial charge is 0.317 e. The summed E-state index contributed by atoms with van der Waals surface area (Å²) < 4.78 is 2.30. The molecule has 0 amide bonds. The van der Waals surface area contributed by atoms with Crippen LogP contribution in [0.1, 0.15) is 32.1 Å². The van der Waals surface area contributed by atoms with Crippen LogP contribution in [0.25, 0.3) is 61.1 Å². The molecule has 66 heavy (non-hydrogen) atoms. The first-order chi connectivity index (χ1) is 32.7. The molecule has 0 saturated heterocycles. The average Bonchev–Trinajstić information content (AvgIpc) is 3.65. The maximum Gasteiger partial charge on any atom is 0.0534 e. The number of rotatable bonds is 11. The molecule has 0 fully saturated rings. The van der Waals surface area contributed by atoms with E-state index < -0.39 is 0 Å². The van der Waals surface area contributed by atoms with Crippen molar-refractivity contribution >= 4 is 39.3 Å². The highest BCUT2D eigenvalue weighted by molar-refractivity contribution is 5.97. The van der Waals surface area contributed by atoms with Crippen LogP contribution < -0.4 is 9.80 Å². The van der Waals surface area contributed by atoms with E-state index in [4.69, 9.17) is 0 Å². The molecule has 3 aliphatic rings. The Balaban J connectivity index is 0.821. The van der Waals surface area contributed by atoms with E-state index in [1.807, 2.05) is 0 Å². The van der Waals surface area contributed by atoms with Crippen molar-refractivity contribution in [3.05, 3.63) is 260 Å². The first kappa shape index (κ1) is 40.6. The van der Waals surface area contributed by atoms with E-state index in [0.717, 1.165) is 49.2 Å². The molecule has 0 spiro atoms. The molecule has 7 aromatic carbocycles. The zero-order valence-electron chi connectivity index (χ0n) is 37.0. The van der Waals surface area contributed by atoms with Crippen LogP contribution >= 0.6 is 0 Å². The van der Waals surface area contributed by atoms with Crippen LogP contribution in [0.2, 0.25) is 0 Å². The Morgan fingerprint density at radius 1 is 0.394 bits per heavy atom. The molecule has 8 aromatic rings. The molecule has 3 aliphatic carbocycles. The van der Waals surface area contributed by atoms with Gasteiger partial charge < -0.3 is 14.4 Å². The van der Waals surface area contributed by atoms with Crippen LogP contribution in [0.4, 0.5) is 22.7 Å². The Kier molecular flexibility index (Phi) is 11.4. The first-order valence-corrected chi connectivity index (χ1v) is 23.3. The van der Waals surface area contributed by atoms with Crippen molar-refractivity contribution in [3.8, 4) is 44.5 Å². The predicted octanol–water partition coefficient (Wildman–Crippen LogP) is 17.4. The molecule has 1 aromatic heterocycles. The van der Waals surface area contributed by atoms with Crippen molar-refractivity contribution in [2.45, 2.75) is 32.1 Å². The molecule has 3 heteroatoms. The summed E-state index contributed by atoms with van der Waals surface area (Å²) >= 11 is 0. The zero-order chi connectivity index (χ0) is 44.1. The van der Waals surface area contributed by atoms with Gasteiger partial charge >= 0.3 is 0 Å². The summed E-state index contributed by atoms with van der Waals surface area (Å²) in [6.45, 7) is 0. The smallest absolute Gasteiger partial charge is 0.0534 e. The van der Waals surface area contributed by atoms with Gasteiger partial charge in [0, 0.05) is 51.4 Å². The number of nitrogens with zero attached hydrogens (tertiary/aromatic N) is 3. The second kappa shape index (κ2) is 18.5. The lowest BCUT2D eigenvalue weighted by atomic mass is 9.99. The summed E-state index contributed by atoms with van der Waals surface area (Å²) in [4.78, 5) is 4.79. The van der Waals surface area contributed by atoms with Gasteiger partial charge in [0.05, 0.1) is 5.52 Å². The lowest BCUT2D eigenvalue weighted by Gasteiger charge is -2.29. The lowest BCUT2D eigenvalue weighted by molar-refractivity contribution is 0.918. The third kappa shape index (κ3) is 8.35. The Labute approximate surface area is 388 Å². The SMILES string of the molecule is C1=CCC=C(n2ccc3c(-c4ccc(N(C5=CCCC=C5)c5ccc(-c6ccc(-c7ccc(N(C8=CC=CCC8)c8ccc(-c9ccccc9)cc8)cc7)cc6)cc5)cc4)cccc32)C=C1. The van der Waals surface area contributed by atoms with Crippen molar-refractivity contribution < 1.29 is 0 Å². The summed E-state index contributed by atoms with van der Waals surface area (Å²) in [6, 6.07) is 64.5. The molecule has 0 atom stereocenters. The maximum absolute atomic E-state index is 2.40. The number of benzene rings is 7. The highest BCUT2D eigenvalue weighted by Crippen LogP contribution is 2.39. The Hall–Kier alpha value is -8.14. The molecular weight excluding hydrogens is 799 g/mol. The Bertz CT molecular complexity index is 3210. The van der Waals surface area contributed by atoms with Crippen molar-refractivity contribution in [2.75, 3.05) is 9.80 Å². The fourth-order valence-corrected chi connectivity index (χ4v) is 9.55. The number of hydrogen-bond acceptors (Lipinski definition) is 2. The number of aromatic nitrogens is 1. The monoisotopic (exact) mass is 849 g/mol. The minimum absolute atomic E-state index is 0.932. The molecule has 0 saturated carbocycles. The molecule has 11 rings (SSSR count). The minimum atomic E-state index is 0.932. The fourth-order valence-electron chi connectivity index (χ4n) is 9.55. The van der Waals surface area contributed by atoms with Crippen LogP contribution in [-0.2, 0) is 0 Å². The normalized spacial score (nSPS) is 14.4. The van der Waals surface area contributed by atoms with Gasteiger partial charge in [0.15, 0.2) is 0 Å². The number of fused-ring (bicyclic) bond motifs is 1. The maximum atomic E-state index is 2.40. The summed E-state index contributed by atoms with van der Waals surface area (Å²) in [7, 11) is 0. The van der Waals surface area contributed by atoms with E-state index >= 15 is 0 Å². The molecule has 0 radical (unpaired) electrons. The molecule has 318 valence electrons. The summed E-state index contributed by atoms with van der Waals surface area (Å²) in [5, 5.41) is 1.25. The average molecular weight is 850 g/mol. The van der Waals surface area contributed by atoms with Crippen molar-refractivity contribution in [1.82, 2.24) is 4.57 Å². The first-order valence-electron chi connectivity index (χ1n) is 23.3. The lowest BCUT2D eigenvalue weighted by Crippen LogP contribution is -2.17. The molecule has 0 N–H and O–H groups in total. The second-order valence-electron chi connectivity index (χ2n) is 17.1. The van der Waals surface area contributed by atoms with E-state index in [1.54, 1.807) is 0 Å². The third-order valence-corrected chi connectivity index (χ3v) is 13.0. The van der Waals surface area contributed by atoms with Crippen LogP contribution in [-0.4, -0.2) is 4.57 Å². The van der Waals surface area contributed by atoms with E-state index in [9.17, 15) is 0 Å². The second-order valence-corrected chi connectivity index (χ2v) is 17.1. The van der Waals surface area contributed by atoms with Gasteiger partial charge in [0.2, 0.25) is 0 Å². The highest BCUT2D eigenvalue weighted by atomic mass is 15.2. The number of allylic oxidation sites excluding steroid dienone is 13. The number of hydrogen-bond donors (Lipinski definition) is 0. The van der Waals surface area contributed by atoms with Gasteiger partial charge in [-0.05, 0) is 156 Å². The number of anilines is 4. The Morgan fingerprint density at radius 3 is 1.55 bits per heavy atom. The van der Waals surface area contributed by atoms with Gasteiger partial charge in [-0.2, -0.15) is 0 Å². The molecule has 0 aliphatic heterocycles. The van der Waals surface area contributed by atoms with Crippen molar-refractivity contribution in [3.63, 3.8) is 0 Å². The van der Waals surface area contributed by atoms with E-state index in [2.05, 4.69) is 263 Å². The van der Waals surface area contributed by atoms with Crippen LogP contribution in [0.15, 0.2) is 260 Å². The molecule has 0 bridgehead atoms. The molecule has 1 heterocycles. The van der Waals surface area contributed by atoms with Gasteiger partial charge in [0.1, 0.15) is 0 Å². The molecule has 0 unspecified atom stereocenters. The van der Waals surface area contributed by atoms with Gasteiger partial charge in [-0.3, -0.25) is 0 Å². The third-order valence-electron chi connectivity index (χ3n) is 13.0. The minimum Gasteiger partial charge on any atom is -0.317 e. The van der Waals surface area contributed by atoms with E-state index in [0.29, 0.717) is 0 Å². The van der Waals surface area contributed by atoms with E-state index in [-0.39, 0.29) is 0 Å². The van der Waals surface area contributed by atoms with Crippen LogP contribution in [0, 0.1) is 0 Å².